The van der Waals surface area contributed by atoms with Crippen LogP contribution in [-0.2, 0) is 16.1 Å². The topological polar surface area (TPSA) is 108 Å². The number of piperidine rings is 1. The van der Waals surface area contributed by atoms with Gasteiger partial charge in [0.2, 0.25) is 11.8 Å². The first-order valence-electron chi connectivity index (χ1n) is 10.3. The Kier molecular flexibility index (Phi) is 4.48. The third-order valence-electron chi connectivity index (χ3n) is 6.72. The maximum absolute atomic E-state index is 12.9. The summed E-state index contributed by atoms with van der Waals surface area (Å²) >= 11 is 0. The normalized spacial score (nSPS) is 31.2. The van der Waals surface area contributed by atoms with E-state index in [2.05, 4.69) is 16.0 Å². The number of carbonyl (C=O) groups is 4. The maximum atomic E-state index is 12.9. The molecule has 8 nitrogen and oxygen atoms in total. The Morgan fingerprint density at radius 1 is 1.03 bits per heavy atom. The SMILES string of the molecule is O=C1CCC(N2C(=O)c3ccc(CNC4CCC5CC4CN5)cc3C2=O)C(=O)N1. The van der Waals surface area contributed by atoms with E-state index in [1.165, 1.54) is 12.8 Å². The van der Waals surface area contributed by atoms with Gasteiger partial charge in [-0.25, -0.2) is 0 Å². The van der Waals surface area contributed by atoms with Gasteiger partial charge < -0.3 is 10.6 Å². The summed E-state index contributed by atoms with van der Waals surface area (Å²) in [6.45, 7) is 1.69. The Bertz CT molecular complexity index is 914. The molecule has 3 aliphatic heterocycles. The number of carbonyl (C=O) groups excluding carboxylic acids is 4. The van der Waals surface area contributed by atoms with Gasteiger partial charge in [-0.3, -0.25) is 29.4 Å². The fourth-order valence-corrected chi connectivity index (χ4v) is 5.14. The zero-order valence-corrected chi connectivity index (χ0v) is 16.1. The van der Waals surface area contributed by atoms with Crippen LogP contribution in [0.5, 0.6) is 0 Å². The van der Waals surface area contributed by atoms with E-state index in [4.69, 9.17) is 0 Å². The molecule has 29 heavy (non-hydrogen) atoms. The van der Waals surface area contributed by atoms with Gasteiger partial charge in [-0.15, -0.1) is 0 Å². The van der Waals surface area contributed by atoms with Crippen LogP contribution in [0.15, 0.2) is 18.2 Å². The molecule has 0 aromatic heterocycles. The fourth-order valence-electron chi connectivity index (χ4n) is 5.14. The quantitative estimate of drug-likeness (QED) is 0.633. The van der Waals surface area contributed by atoms with E-state index in [1.807, 2.05) is 6.07 Å². The van der Waals surface area contributed by atoms with Crippen LogP contribution in [0.3, 0.4) is 0 Å². The lowest BCUT2D eigenvalue weighted by atomic mass is 9.85. The van der Waals surface area contributed by atoms with E-state index in [-0.39, 0.29) is 18.7 Å². The highest BCUT2D eigenvalue weighted by Gasteiger charge is 2.44. The second-order valence-corrected chi connectivity index (χ2v) is 8.49. The van der Waals surface area contributed by atoms with Gasteiger partial charge in [-0.2, -0.15) is 0 Å². The summed E-state index contributed by atoms with van der Waals surface area (Å²) in [5.74, 6) is -1.23. The van der Waals surface area contributed by atoms with Crippen molar-refractivity contribution in [2.75, 3.05) is 6.54 Å². The Morgan fingerprint density at radius 3 is 2.69 bits per heavy atom. The first-order chi connectivity index (χ1) is 14.0. The minimum atomic E-state index is -0.924. The molecule has 4 atom stereocenters. The average Bonchev–Trinajstić information content (AvgIpc) is 3.20. The van der Waals surface area contributed by atoms with Crippen molar-refractivity contribution in [3.05, 3.63) is 34.9 Å². The number of hydrogen-bond donors (Lipinski definition) is 3. The lowest BCUT2D eigenvalue weighted by Crippen LogP contribution is -2.54. The van der Waals surface area contributed by atoms with E-state index < -0.39 is 23.8 Å². The molecule has 3 N–H and O–H groups in total. The van der Waals surface area contributed by atoms with Gasteiger partial charge in [0, 0.05) is 25.0 Å². The van der Waals surface area contributed by atoms with Crippen LogP contribution in [0.25, 0.3) is 0 Å². The molecule has 8 heteroatoms. The molecule has 3 fully saturated rings. The smallest absolute Gasteiger partial charge is 0.262 e. The molecule has 2 bridgehead atoms. The lowest BCUT2D eigenvalue weighted by molar-refractivity contribution is -0.136. The van der Waals surface area contributed by atoms with Crippen molar-refractivity contribution in [2.45, 2.75) is 56.8 Å². The van der Waals surface area contributed by atoms with Crippen molar-refractivity contribution in [1.82, 2.24) is 20.9 Å². The van der Waals surface area contributed by atoms with Crippen LogP contribution in [0.1, 0.15) is 58.4 Å². The Morgan fingerprint density at radius 2 is 1.86 bits per heavy atom. The molecule has 0 spiro atoms. The third-order valence-corrected chi connectivity index (χ3v) is 6.72. The Labute approximate surface area is 168 Å². The number of nitrogens with one attached hydrogen (secondary N) is 3. The highest BCUT2D eigenvalue weighted by atomic mass is 16.2. The zero-order valence-electron chi connectivity index (χ0n) is 16.1. The van der Waals surface area contributed by atoms with Gasteiger partial charge in [-0.05, 0) is 55.8 Å². The van der Waals surface area contributed by atoms with E-state index in [9.17, 15) is 19.2 Å². The number of fused-ring (bicyclic) bond motifs is 3. The molecule has 152 valence electrons. The standard InChI is InChI=1S/C21H24N4O4/c26-18-6-5-17(19(27)24-18)25-20(28)14-3-1-11(7-15(14)21(25)29)9-23-16-4-2-13-8-12(16)10-22-13/h1,3,7,12-13,16-17,22-23H,2,4-6,8-10H2,(H,24,26,27). The monoisotopic (exact) mass is 396 g/mol. The predicted octanol–water partition coefficient (Wildman–Crippen LogP) is 0.318. The highest BCUT2D eigenvalue weighted by molar-refractivity contribution is 6.23. The number of rotatable bonds is 4. The second kappa shape index (κ2) is 7.03. The minimum absolute atomic E-state index is 0.122. The molecule has 1 aromatic rings. The zero-order chi connectivity index (χ0) is 20.1. The Hall–Kier alpha value is -2.58. The fraction of sp³-hybridized carbons (Fsp3) is 0.524. The number of nitrogens with zero attached hydrogens (tertiary/aromatic N) is 1. The average molecular weight is 396 g/mol. The first-order valence-corrected chi connectivity index (χ1v) is 10.3. The van der Waals surface area contributed by atoms with Crippen molar-refractivity contribution >= 4 is 23.6 Å². The van der Waals surface area contributed by atoms with E-state index in [0.717, 1.165) is 23.4 Å². The van der Waals surface area contributed by atoms with Crippen molar-refractivity contribution in [2.24, 2.45) is 5.92 Å². The molecule has 4 amide bonds. The molecular formula is C21H24N4O4. The van der Waals surface area contributed by atoms with Gasteiger partial charge >= 0.3 is 0 Å². The summed E-state index contributed by atoms with van der Waals surface area (Å²) in [6.07, 6.45) is 3.84. The summed E-state index contributed by atoms with van der Waals surface area (Å²) < 4.78 is 0. The van der Waals surface area contributed by atoms with Crippen LogP contribution < -0.4 is 16.0 Å². The molecule has 4 unspecified atom stereocenters. The van der Waals surface area contributed by atoms with Crippen molar-refractivity contribution in [1.29, 1.82) is 0 Å². The minimum Gasteiger partial charge on any atom is -0.314 e. The largest absolute Gasteiger partial charge is 0.314 e. The summed E-state index contributed by atoms with van der Waals surface area (Å²) in [6, 6.07) is 5.50. The van der Waals surface area contributed by atoms with Gasteiger partial charge in [-0.1, -0.05) is 6.07 Å². The van der Waals surface area contributed by atoms with E-state index >= 15 is 0 Å². The van der Waals surface area contributed by atoms with Gasteiger partial charge in [0.25, 0.3) is 11.8 Å². The van der Waals surface area contributed by atoms with Crippen LogP contribution in [0.4, 0.5) is 0 Å². The summed E-state index contributed by atoms with van der Waals surface area (Å²) in [7, 11) is 0. The van der Waals surface area contributed by atoms with Crippen LogP contribution in [0.2, 0.25) is 0 Å². The van der Waals surface area contributed by atoms with E-state index in [0.29, 0.717) is 35.7 Å². The number of benzene rings is 1. The summed E-state index contributed by atoms with van der Waals surface area (Å²) in [5.41, 5.74) is 1.61. The maximum Gasteiger partial charge on any atom is 0.262 e. The number of amides is 4. The van der Waals surface area contributed by atoms with Crippen LogP contribution >= 0.6 is 0 Å². The third kappa shape index (κ3) is 3.16. The lowest BCUT2D eigenvalue weighted by Gasteiger charge is -2.28. The first kappa shape index (κ1) is 18.4. The molecule has 1 aliphatic carbocycles. The van der Waals surface area contributed by atoms with Crippen LogP contribution in [0, 0.1) is 5.92 Å². The van der Waals surface area contributed by atoms with Crippen molar-refractivity contribution in [3.8, 4) is 0 Å². The van der Waals surface area contributed by atoms with E-state index in [1.54, 1.807) is 12.1 Å². The number of hydrogen-bond acceptors (Lipinski definition) is 6. The molecular weight excluding hydrogens is 372 g/mol. The van der Waals surface area contributed by atoms with Gasteiger partial charge in [0.05, 0.1) is 11.1 Å². The predicted molar refractivity (Wildman–Crippen MR) is 103 cm³/mol. The molecule has 2 saturated heterocycles. The molecule has 1 saturated carbocycles. The Balaban J connectivity index is 1.30. The van der Waals surface area contributed by atoms with Crippen molar-refractivity contribution < 1.29 is 19.2 Å². The second-order valence-electron chi connectivity index (χ2n) is 8.49. The molecule has 5 rings (SSSR count). The van der Waals surface area contributed by atoms with Gasteiger partial charge in [0.15, 0.2) is 0 Å². The highest BCUT2D eigenvalue weighted by Crippen LogP contribution is 2.31. The molecule has 3 heterocycles. The molecule has 4 aliphatic rings. The molecule has 1 aromatic carbocycles. The summed E-state index contributed by atoms with van der Waals surface area (Å²) in [4.78, 5) is 50.2. The number of imide groups is 2. The van der Waals surface area contributed by atoms with Gasteiger partial charge in [0.1, 0.15) is 6.04 Å². The summed E-state index contributed by atoms with van der Waals surface area (Å²) in [5, 5.41) is 9.39. The van der Waals surface area contributed by atoms with Crippen molar-refractivity contribution in [3.63, 3.8) is 0 Å². The van der Waals surface area contributed by atoms with Crippen LogP contribution in [-0.4, -0.2) is 53.2 Å². The molecule has 0 radical (unpaired) electrons.